The molecule has 2 rings (SSSR count). The van der Waals surface area contributed by atoms with Crippen molar-refractivity contribution in [2.45, 2.75) is 6.54 Å². The fourth-order valence-corrected chi connectivity index (χ4v) is 2.78. The smallest absolute Gasteiger partial charge is 0.341 e. The molecule has 2 aromatic rings. The lowest BCUT2D eigenvalue weighted by molar-refractivity contribution is -0.139. The molecule has 0 aliphatic carbocycles. The van der Waals surface area contributed by atoms with Crippen molar-refractivity contribution in [2.24, 2.45) is 0 Å². The van der Waals surface area contributed by atoms with Crippen LogP contribution in [0, 0.1) is 0 Å². The van der Waals surface area contributed by atoms with Crippen molar-refractivity contribution in [1.29, 1.82) is 0 Å². The lowest BCUT2D eigenvalue weighted by Crippen LogP contribution is -2.23. The Morgan fingerprint density at radius 2 is 1.79 bits per heavy atom. The number of aromatic hydroxyl groups is 1. The zero-order valence-corrected chi connectivity index (χ0v) is 16.4. The Morgan fingerprint density at radius 3 is 2.43 bits per heavy atom. The number of carboxylic acid groups (broad SMARTS) is 1. The van der Waals surface area contributed by atoms with Gasteiger partial charge in [0, 0.05) is 23.2 Å². The summed E-state index contributed by atoms with van der Waals surface area (Å²) in [7, 11) is 0. The number of nitrogens with one attached hydrogen (secondary N) is 1. The number of carbonyl (C=O) groups is 3. The van der Waals surface area contributed by atoms with Crippen LogP contribution in [0.2, 0.25) is 10.0 Å². The van der Waals surface area contributed by atoms with Gasteiger partial charge in [0.05, 0.1) is 5.02 Å². The van der Waals surface area contributed by atoms with Crippen molar-refractivity contribution in [3.63, 3.8) is 0 Å². The molecule has 0 aliphatic rings. The summed E-state index contributed by atoms with van der Waals surface area (Å²) < 4.78 is 5.01. The summed E-state index contributed by atoms with van der Waals surface area (Å²) in [5, 5.41) is 20.9. The molecule has 0 atom stereocenters. The summed E-state index contributed by atoms with van der Waals surface area (Å²) in [5.74, 6) is -2.41. The Labute approximate surface area is 174 Å². The molecule has 28 heavy (non-hydrogen) atoms. The number of alkyl halides is 1. The molecule has 2 aromatic carbocycles. The number of phenols is 1. The van der Waals surface area contributed by atoms with Crippen LogP contribution in [0.5, 0.6) is 11.5 Å². The van der Waals surface area contributed by atoms with Gasteiger partial charge in [0.1, 0.15) is 22.4 Å². The normalized spacial score (nSPS) is 10.4. The van der Waals surface area contributed by atoms with Crippen LogP contribution in [0.4, 0.5) is 0 Å². The number of aliphatic carboxylic acids is 1. The molecule has 0 saturated carbocycles. The number of hydrogen-bond donors (Lipinski definition) is 3. The number of benzene rings is 2. The predicted octanol–water partition coefficient (Wildman–Crippen LogP) is 3.25. The molecule has 0 saturated heterocycles. The first-order chi connectivity index (χ1) is 13.2. The number of carbonyl (C=O) groups excluding carboxylic acids is 2. The number of carboxylic acids is 1. The van der Waals surface area contributed by atoms with Crippen LogP contribution in [0.3, 0.4) is 0 Å². The third-order valence-corrected chi connectivity index (χ3v) is 4.69. The van der Waals surface area contributed by atoms with Gasteiger partial charge in [-0.1, -0.05) is 23.2 Å². The first kappa shape index (κ1) is 21.8. The van der Waals surface area contributed by atoms with Crippen LogP contribution in [0.25, 0.3) is 0 Å². The average molecular weight is 447 g/mol. The second kappa shape index (κ2) is 9.64. The van der Waals surface area contributed by atoms with Crippen molar-refractivity contribution in [3.05, 3.63) is 57.1 Å². The van der Waals surface area contributed by atoms with E-state index in [4.69, 9.17) is 44.6 Å². The molecule has 0 heterocycles. The fourth-order valence-electron chi connectivity index (χ4n) is 2.22. The van der Waals surface area contributed by atoms with E-state index in [1.807, 2.05) is 0 Å². The van der Waals surface area contributed by atoms with Gasteiger partial charge in [0.25, 0.3) is 0 Å². The Bertz CT molecular complexity index is 932. The molecule has 0 radical (unpaired) electrons. The third-order valence-electron chi connectivity index (χ3n) is 3.58. The zero-order chi connectivity index (χ0) is 20.8. The standard InChI is InChI=1S/C18H14Cl3NO6/c19-6-14(24)22-7-10-5-9(1-3-12(10)23)18(27)11-2-4-13(17(21)16(11)20)28-8-15(25)26/h1-5,23H,6-8H2,(H,22,24)(H,25,26). The van der Waals surface area contributed by atoms with Crippen molar-refractivity contribution < 1.29 is 29.3 Å². The van der Waals surface area contributed by atoms with Gasteiger partial charge in [-0.25, -0.2) is 4.79 Å². The van der Waals surface area contributed by atoms with E-state index in [9.17, 15) is 19.5 Å². The van der Waals surface area contributed by atoms with E-state index in [1.54, 1.807) is 0 Å². The highest BCUT2D eigenvalue weighted by Crippen LogP contribution is 2.36. The topological polar surface area (TPSA) is 113 Å². The molecule has 0 spiro atoms. The largest absolute Gasteiger partial charge is 0.508 e. The molecule has 10 heteroatoms. The maximum Gasteiger partial charge on any atom is 0.341 e. The number of ketones is 1. The fraction of sp³-hybridized carbons (Fsp3) is 0.167. The Morgan fingerprint density at radius 1 is 1.07 bits per heavy atom. The quantitative estimate of drug-likeness (QED) is 0.424. The van der Waals surface area contributed by atoms with Gasteiger partial charge < -0.3 is 20.3 Å². The average Bonchev–Trinajstić information content (AvgIpc) is 2.67. The SMILES string of the molecule is O=C(O)COc1ccc(C(=O)c2ccc(O)c(CNC(=O)CCl)c2)c(Cl)c1Cl. The van der Waals surface area contributed by atoms with Gasteiger partial charge in [-0.05, 0) is 30.3 Å². The predicted molar refractivity (Wildman–Crippen MR) is 104 cm³/mol. The van der Waals surface area contributed by atoms with Crippen LogP contribution in [0.1, 0.15) is 21.5 Å². The molecular weight excluding hydrogens is 433 g/mol. The zero-order valence-electron chi connectivity index (χ0n) is 14.2. The highest BCUT2D eigenvalue weighted by atomic mass is 35.5. The van der Waals surface area contributed by atoms with E-state index in [0.29, 0.717) is 5.56 Å². The van der Waals surface area contributed by atoms with E-state index in [2.05, 4.69) is 5.32 Å². The summed E-state index contributed by atoms with van der Waals surface area (Å²) in [6.45, 7) is -0.631. The summed E-state index contributed by atoms with van der Waals surface area (Å²) in [5.41, 5.74) is 0.578. The maximum absolute atomic E-state index is 12.8. The first-order valence-electron chi connectivity index (χ1n) is 7.76. The third kappa shape index (κ3) is 5.28. The molecule has 0 bridgehead atoms. The van der Waals surface area contributed by atoms with Gasteiger partial charge in [-0.15, -0.1) is 11.6 Å². The first-order valence-corrected chi connectivity index (χ1v) is 9.05. The second-order valence-corrected chi connectivity index (χ2v) is 6.53. The number of hydrogen-bond acceptors (Lipinski definition) is 5. The molecule has 0 aliphatic heterocycles. The van der Waals surface area contributed by atoms with Crippen LogP contribution >= 0.6 is 34.8 Å². The minimum atomic E-state index is -1.19. The molecule has 0 unspecified atom stereocenters. The van der Waals surface area contributed by atoms with E-state index in [0.717, 1.165) is 0 Å². The van der Waals surface area contributed by atoms with Gasteiger partial charge in [0.15, 0.2) is 12.4 Å². The van der Waals surface area contributed by atoms with Crippen molar-refractivity contribution >= 4 is 52.5 Å². The molecule has 0 fully saturated rings. The lowest BCUT2D eigenvalue weighted by atomic mass is 10.0. The summed E-state index contributed by atoms with van der Waals surface area (Å²) in [4.78, 5) is 34.7. The Balaban J connectivity index is 2.29. The molecular formula is C18H14Cl3NO6. The van der Waals surface area contributed by atoms with Gasteiger partial charge >= 0.3 is 5.97 Å². The van der Waals surface area contributed by atoms with Crippen LogP contribution in [-0.4, -0.2) is 40.4 Å². The Kier molecular flexibility index (Phi) is 7.51. The second-order valence-electron chi connectivity index (χ2n) is 5.50. The van der Waals surface area contributed by atoms with Crippen molar-refractivity contribution in [1.82, 2.24) is 5.32 Å². The van der Waals surface area contributed by atoms with Gasteiger partial charge in [-0.2, -0.15) is 0 Å². The highest BCUT2D eigenvalue weighted by Gasteiger charge is 2.19. The number of ether oxygens (including phenoxy) is 1. The summed E-state index contributed by atoms with van der Waals surface area (Å²) in [6, 6.07) is 6.81. The number of phenolic OH excluding ortho intramolecular Hbond substituents is 1. The molecule has 148 valence electrons. The lowest BCUT2D eigenvalue weighted by Gasteiger charge is -2.12. The van der Waals surface area contributed by atoms with E-state index in [-0.39, 0.29) is 45.1 Å². The number of amides is 1. The van der Waals surface area contributed by atoms with Gasteiger partial charge in [0.2, 0.25) is 5.91 Å². The maximum atomic E-state index is 12.8. The molecule has 7 nitrogen and oxygen atoms in total. The van der Waals surface area contributed by atoms with E-state index >= 15 is 0 Å². The van der Waals surface area contributed by atoms with E-state index < -0.39 is 24.3 Å². The molecule has 3 N–H and O–H groups in total. The van der Waals surface area contributed by atoms with Crippen LogP contribution in [0.15, 0.2) is 30.3 Å². The molecule has 1 amide bonds. The monoisotopic (exact) mass is 445 g/mol. The van der Waals surface area contributed by atoms with E-state index in [1.165, 1.54) is 30.3 Å². The summed E-state index contributed by atoms with van der Waals surface area (Å²) >= 11 is 17.6. The summed E-state index contributed by atoms with van der Waals surface area (Å²) in [6.07, 6.45) is 0. The van der Waals surface area contributed by atoms with Crippen LogP contribution in [-0.2, 0) is 16.1 Å². The van der Waals surface area contributed by atoms with Crippen molar-refractivity contribution in [2.75, 3.05) is 12.5 Å². The van der Waals surface area contributed by atoms with Gasteiger partial charge in [-0.3, -0.25) is 9.59 Å². The minimum absolute atomic E-state index is 0.0189. The van der Waals surface area contributed by atoms with Crippen LogP contribution < -0.4 is 10.1 Å². The minimum Gasteiger partial charge on any atom is -0.508 e. The van der Waals surface area contributed by atoms with Crippen molar-refractivity contribution in [3.8, 4) is 11.5 Å². The molecule has 0 aromatic heterocycles. The number of halogens is 3. The number of rotatable bonds is 8. The highest BCUT2D eigenvalue weighted by molar-refractivity contribution is 6.45. The Hall–Kier alpha value is -2.48.